The Kier molecular flexibility index (Phi) is 2.07. The Bertz CT molecular complexity index is 390. The first-order valence-electron chi connectivity index (χ1n) is 4.31. The van der Waals surface area contributed by atoms with Crippen molar-refractivity contribution in [1.82, 2.24) is 0 Å². The maximum atomic E-state index is 12.6. The van der Waals surface area contributed by atoms with Gasteiger partial charge in [-0.25, -0.2) is 8.78 Å². The minimum atomic E-state index is -2.57. The molecule has 0 spiro atoms. The van der Waals surface area contributed by atoms with Crippen molar-refractivity contribution in [2.24, 2.45) is 5.73 Å². The van der Waals surface area contributed by atoms with Gasteiger partial charge >= 0.3 is 0 Å². The minimum Gasteiger partial charge on any atom is -0.324 e. The smallest absolute Gasteiger partial charge is 0.264 e. The van der Waals surface area contributed by atoms with E-state index in [-0.39, 0.29) is 17.8 Å². The molecule has 0 aromatic heterocycles. The van der Waals surface area contributed by atoms with Gasteiger partial charge in [-0.2, -0.15) is 0 Å². The summed E-state index contributed by atoms with van der Waals surface area (Å²) < 4.78 is 25.1. The third-order valence-electron chi connectivity index (χ3n) is 2.45. The number of nitrogens with two attached hydrogens (primary N) is 1. The number of fused-ring (bicyclic) bond motifs is 1. The molecule has 0 unspecified atom stereocenters. The molecule has 74 valence electrons. The van der Waals surface area contributed by atoms with Crippen molar-refractivity contribution >= 4 is 5.78 Å². The Hall–Kier alpha value is -1.29. The first-order chi connectivity index (χ1) is 6.61. The van der Waals surface area contributed by atoms with E-state index >= 15 is 0 Å². The monoisotopic (exact) mass is 197 g/mol. The fourth-order valence-corrected chi connectivity index (χ4v) is 1.84. The van der Waals surface area contributed by atoms with Crippen molar-refractivity contribution in [1.29, 1.82) is 0 Å². The van der Waals surface area contributed by atoms with Crippen molar-refractivity contribution < 1.29 is 13.6 Å². The lowest BCUT2D eigenvalue weighted by molar-refractivity contribution is 0.0989. The highest BCUT2D eigenvalue weighted by Gasteiger charge is 2.30. The number of alkyl halides is 2. The molecule has 14 heavy (non-hydrogen) atoms. The van der Waals surface area contributed by atoms with Gasteiger partial charge in [-0.3, -0.25) is 4.79 Å². The summed E-state index contributed by atoms with van der Waals surface area (Å²) in [5.41, 5.74) is 6.19. The number of hydrogen-bond acceptors (Lipinski definition) is 2. The molecule has 1 aliphatic rings. The van der Waals surface area contributed by atoms with Crippen LogP contribution in [0.2, 0.25) is 0 Å². The molecule has 0 bridgehead atoms. The van der Waals surface area contributed by atoms with Gasteiger partial charge in [0.2, 0.25) is 0 Å². The Morgan fingerprint density at radius 3 is 2.79 bits per heavy atom. The van der Waals surface area contributed by atoms with Gasteiger partial charge < -0.3 is 5.73 Å². The van der Waals surface area contributed by atoms with Crippen LogP contribution in [0.4, 0.5) is 8.78 Å². The summed E-state index contributed by atoms with van der Waals surface area (Å²) in [4.78, 5) is 11.3. The Morgan fingerprint density at radius 1 is 1.43 bits per heavy atom. The molecule has 2 N–H and O–H groups in total. The standard InChI is InChI=1S/C10H9F2NO/c11-10(12)6-3-1-2-5-8(14)4-7(13)9(5)6/h1-3,7,10H,4,13H2/t7-/m1/s1. The summed E-state index contributed by atoms with van der Waals surface area (Å²) in [7, 11) is 0. The van der Waals surface area contributed by atoms with Crippen LogP contribution in [0.15, 0.2) is 18.2 Å². The molecule has 1 aliphatic carbocycles. The highest BCUT2D eigenvalue weighted by atomic mass is 19.3. The average Bonchev–Trinajstić information content (AvgIpc) is 2.43. The molecular formula is C10H9F2NO. The third kappa shape index (κ3) is 1.23. The van der Waals surface area contributed by atoms with Gasteiger partial charge in [-0.1, -0.05) is 18.2 Å². The lowest BCUT2D eigenvalue weighted by atomic mass is 10.0. The molecule has 0 heterocycles. The maximum absolute atomic E-state index is 12.6. The van der Waals surface area contributed by atoms with Crippen LogP contribution in [0.5, 0.6) is 0 Å². The largest absolute Gasteiger partial charge is 0.324 e. The molecule has 2 nitrogen and oxygen atoms in total. The van der Waals surface area contributed by atoms with Crippen molar-refractivity contribution in [3.63, 3.8) is 0 Å². The molecule has 0 saturated carbocycles. The summed E-state index contributed by atoms with van der Waals surface area (Å²) >= 11 is 0. The second-order valence-electron chi connectivity index (χ2n) is 3.34. The van der Waals surface area contributed by atoms with E-state index in [0.717, 1.165) is 0 Å². The zero-order valence-corrected chi connectivity index (χ0v) is 7.34. The zero-order chi connectivity index (χ0) is 10.3. The molecule has 0 aliphatic heterocycles. The fourth-order valence-electron chi connectivity index (χ4n) is 1.84. The van der Waals surface area contributed by atoms with Crippen molar-refractivity contribution in [3.8, 4) is 0 Å². The summed E-state index contributed by atoms with van der Waals surface area (Å²) in [6.45, 7) is 0. The summed E-state index contributed by atoms with van der Waals surface area (Å²) in [6, 6.07) is 3.77. The number of benzene rings is 1. The average molecular weight is 197 g/mol. The Labute approximate surface area is 79.7 Å². The van der Waals surface area contributed by atoms with Crippen LogP contribution < -0.4 is 5.73 Å². The topological polar surface area (TPSA) is 43.1 Å². The fraction of sp³-hybridized carbons (Fsp3) is 0.300. The van der Waals surface area contributed by atoms with Gasteiger partial charge in [0.05, 0.1) is 0 Å². The second kappa shape index (κ2) is 3.13. The number of halogens is 2. The molecule has 1 aromatic rings. The van der Waals surface area contributed by atoms with Gasteiger partial charge in [0, 0.05) is 23.6 Å². The molecule has 0 amide bonds. The maximum Gasteiger partial charge on any atom is 0.264 e. The predicted octanol–water partition coefficient (Wildman–Crippen LogP) is 2.21. The number of carbonyl (C=O) groups excluding carboxylic acids is 1. The van der Waals surface area contributed by atoms with E-state index < -0.39 is 12.5 Å². The molecule has 0 saturated heterocycles. The Morgan fingerprint density at radius 2 is 2.14 bits per heavy atom. The second-order valence-corrected chi connectivity index (χ2v) is 3.34. The highest BCUT2D eigenvalue weighted by Crippen LogP contribution is 2.36. The van der Waals surface area contributed by atoms with Crippen molar-refractivity contribution in [2.75, 3.05) is 0 Å². The third-order valence-corrected chi connectivity index (χ3v) is 2.45. The molecule has 0 fully saturated rings. The van der Waals surface area contributed by atoms with Crippen LogP contribution in [0.25, 0.3) is 0 Å². The SMILES string of the molecule is N[C@@H]1CC(=O)c2cccc(C(F)F)c21. The summed E-state index contributed by atoms with van der Waals surface area (Å²) in [5.74, 6) is -0.144. The normalized spacial score (nSPS) is 20.3. The number of carbonyl (C=O) groups is 1. The van der Waals surface area contributed by atoms with E-state index in [4.69, 9.17) is 5.73 Å². The lowest BCUT2D eigenvalue weighted by Crippen LogP contribution is -2.08. The van der Waals surface area contributed by atoms with Gasteiger partial charge in [-0.05, 0) is 5.56 Å². The van der Waals surface area contributed by atoms with Crippen LogP contribution in [0, 0.1) is 0 Å². The van der Waals surface area contributed by atoms with Crippen LogP contribution >= 0.6 is 0 Å². The van der Waals surface area contributed by atoms with Gasteiger partial charge in [0.25, 0.3) is 6.43 Å². The molecule has 4 heteroatoms. The molecule has 2 rings (SSSR count). The first kappa shape index (κ1) is 9.27. The highest BCUT2D eigenvalue weighted by molar-refractivity contribution is 6.01. The van der Waals surface area contributed by atoms with E-state index in [9.17, 15) is 13.6 Å². The number of rotatable bonds is 1. The van der Waals surface area contributed by atoms with Gasteiger partial charge in [-0.15, -0.1) is 0 Å². The molecule has 0 radical (unpaired) electrons. The van der Waals surface area contributed by atoms with Gasteiger partial charge in [0.1, 0.15) is 0 Å². The van der Waals surface area contributed by atoms with E-state index in [1.807, 2.05) is 0 Å². The van der Waals surface area contributed by atoms with E-state index in [0.29, 0.717) is 11.1 Å². The first-order valence-corrected chi connectivity index (χ1v) is 4.31. The number of ketones is 1. The van der Waals surface area contributed by atoms with Crippen LogP contribution in [-0.2, 0) is 0 Å². The quantitative estimate of drug-likeness (QED) is 0.750. The van der Waals surface area contributed by atoms with E-state index in [1.54, 1.807) is 6.07 Å². The number of hydrogen-bond donors (Lipinski definition) is 1. The van der Waals surface area contributed by atoms with E-state index in [1.165, 1.54) is 12.1 Å². The molecular weight excluding hydrogens is 188 g/mol. The predicted molar refractivity (Wildman–Crippen MR) is 47.3 cm³/mol. The number of Topliss-reactive ketones (excluding diaryl/α,β-unsaturated/α-hetero) is 1. The molecule has 1 aromatic carbocycles. The van der Waals surface area contributed by atoms with Crippen LogP contribution in [0.3, 0.4) is 0 Å². The zero-order valence-electron chi connectivity index (χ0n) is 7.34. The summed E-state index contributed by atoms with van der Waals surface area (Å²) in [6.07, 6.45) is -2.43. The Balaban J connectivity index is 2.62. The molecule has 1 atom stereocenters. The van der Waals surface area contributed by atoms with Gasteiger partial charge in [0.15, 0.2) is 5.78 Å². The van der Waals surface area contributed by atoms with Crippen molar-refractivity contribution in [2.45, 2.75) is 18.9 Å². The minimum absolute atomic E-state index is 0.110. The van der Waals surface area contributed by atoms with E-state index in [2.05, 4.69) is 0 Å². The van der Waals surface area contributed by atoms with Crippen LogP contribution in [-0.4, -0.2) is 5.78 Å². The van der Waals surface area contributed by atoms with Crippen molar-refractivity contribution in [3.05, 3.63) is 34.9 Å². The lowest BCUT2D eigenvalue weighted by Gasteiger charge is -2.09. The van der Waals surface area contributed by atoms with Crippen LogP contribution in [0.1, 0.15) is 40.4 Å². The summed E-state index contributed by atoms with van der Waals surface area (Å²) in [5, 5.41) is 0.